The first-order chi connectivity index (χ1) is 11.1. The molecular formula is C18H17F2NO2. The van der Waals surface area contributed by atoms with E-state index in [0.717, 1.165) is 37.0 Å². The molecule has 0 unspecified atom stereocenters. The summed E-state index contributed by atoms with van der Waals surface area (Å²) in [5.74, 6) is -2.38. The van der Waals surface area contributed by atoms with Gasteiger partial charge in [0, 0.05) is 17.8 Å². The largest absolute Gasteiger partial charge is 0.491 e. The summed E-state index contributed by atoms with van der Waals surface area (Å²) in [7, 11) is 1.19. The van der Waals surface area contributed by atoms with Crippen molar-refractivity contribution < 1.29 is 18.3 Å². The number of halogens is 2. The number of benzene rings is 2. The second-order valence-electron chi connectivity index (χ2n) is 5.73. The van der Waals surface area contributed by atoms with Crippen molar-refractivity contribution in [1.29, 1.82) is 0 Å². The first kappa shape index (κ1) is 15.5. The third-order valence-corrected chi connectivity index (χ3v) is 4.43. The Labute approximate surface area is 133 Å². The van der Waals surface area contributed by atoms with Gasteiger partial charge in [0.15, 0.2) is 17.4 Å². The van der Waals surface area contributed by atoms with Gasteiger partial charge in [0.1, 0.15) is 0 Å². The average molecular weight is 317 g/mol. The van der Waals surface area contributed by atoms with Gasteiger partial charge in [-0.2, -0.15) is 0 Å². The molecule has 120 valence electrons. The van der Waals surface area contributed by atoms with Crippen LogP contribution in [0, 0.1) is 11.6 Å². The summed E-state index contributed by atoms with van der Waals surface area (Å²) in [5, 5.41) is 2.64. The van der Waals surface area contributed by atoms with E-state index in [0.29, 0.717) is 0 Å². The van der Waals surface area contributed by atoms with Gasteiger partial charge in [0.25, 0.3) is 0 Å². The standard InChI is InChI=1S/C18H17F2NO2/c1-23-16-14(19)10-13(11-15(16)20)21-17(22)18(8-5-9-18)12-6-3-2-4-7-12/h2-4,6-7,10-11H,5,8-9H2,1H3,(H,21,22). The van der Waals surface area contributed by atoms with Gasteiger partial charge in [-0.05, 0) is 18.4 Å². The predicted octanol–water partition coefficient (Wildman–Crippen LogP) is 4.03. The Morgan fingerprint density at radius 2 is 1.74 bits per heavy atom. The molecule has 23 heavy (non-hydrogen) atoms. The summed E-state index contributed by atoms with van der Waals surface area (Å²) >= 11 is 0. The molecular weight excluding hydrogens is 300 g/mol. The van der Waals surface area contributed by atoms with Gasteiger partial charge >= 0.3 is 0 Å². The highest BCUT2D eigenvalue weighted by molar-refractivity contribution is 6.00. The van der Waals surface area contributed by atoms with E-state index in [1.54, 1.807) is 0 Å². The Morgan fingerprint density at radius 3 is 2.22 bits per heavy atom. The fourth-order valence-electron chi connectivity index (χ4n) is 3.01. The van der Waals surface area contributed by atoms with Crippen molar-refractivity contribution in [1.82, 2.24) is 0 Å². The zero-order chi connectivity index (χ0) is 16.4. The molecule has 0 heterocycles. The Hall–Kier alpha value is -2.43. The molecule has 0 radical (unpaired) electrons. The van der Waals surface area contributed by atoms with Crippen LogP contribution < -0.4 is 10.1 Å². The molecule has 5 heteroatoms. The molecule has 1 aliphatic carbocycles. The Kier molecular flexibility index (Phi) is 4.03. The average Bonchev–Trinajstić information content (AvgIpc) is 2.47. The zero-order valence-corrected chi connectivity index (χ0v) is 12.7. The van der Waals surface area contributed by atoms with Crippen molar-refractivity contribution >= 4 is 11.6 Å². The highest BCUT2D eigenvalue weighted by Gasteiger charge is 2.45. The normalized spacial score (nSPS) is 15.6. The molecule has 0 aliphatic heterocycles. The summed E-state index contributed by atoms with van der Waals surface area (Å²) in [6, 6.07) is 11.6. The number of amides is 1. The molecule has 2 aromatic carbocycles. The molecule has 3 nitrogen and oxygen atoms in total. The van der Waals surface area contributed by atoms with E-state index in [1.807, 2.05) is 30.3 Å². The van der Waals surface area contributed by atoms with E-state index in [2.05, 4.69) is 10.1 Å². The summed E-state index contributed by atoms with van der Waals surface area (Å²) in [6.45, 7) is 0. The van der Waals surface area contributed by atoms with E-state index >= 15 is 0 Å². The highest BCUT2D eigenvalue weighted by Crippen LogP contribution is 2.44. The number of carbonyl (C=O) groups excluding carboxylic acids is 1. The predicted molar refractivity (Wildman–Crippen MR) is 83.5 cm³/mol. The quantitative estimate of drug-likeness (QED) is 0.924. The third kappa shape index (κ3) is 2.67. The molecule has 0 saturated heterocycles. The zero-order valence-electron chi connectivity index (χ0n) is 12.7. The fourth-order valence-corrected chi connectivity index (χ4v) is 3.01. The van der Waals surface area contributed by atoms with Crippen LogP contribution in [0.3, 0.4) is 0 Å². The minimum atomic E-state index is -0.842. The number of methoxy groups -OCH3 is 1. The van der Waals surface area contributed by atoms with E-state index in [9.17, 15) is 13.6 Å². The monoisotopic (exact) mass is 317 g/mol. The first-order valence-corrected chi connectivity index (χ1v) is 7.47. The molecule has 1 aliphatic rings. The molecule has 1 saturated carbocycles. The number of ether oxygens (including phenoxy) is 1. The minimum absolute atomic E-state index is 0.0907. The van der Waals surface area contributed by atoms with Crippen LogP contribution in [0.1, 0.15) is 24.8 Å². The van der Waals surface area contributed by atoms with Crippen molar-refractivity contribution in [3.8, 4) is 5.75 Å². The topological polar surface area (TPSA) is 38.3 Å². The summed E-state index contributed by atoms with van der Waals surface area (Å²) < 4.78 is 32.2. The third-order valence-electron chi connectivity index (χ3n) is 4.43. The number of nitrogens with one attached hydrogen (secondary N) is 1. The molecule has 1 N–H and O–H groups in total. The summed E-state index contributed by atoms with van der Waals surface area (Å²) in [6.07, 6.45) is 2.40. The van der Waals surface area contributed by atoms with Crippen molar-refractivity contribution in [2.24, 2.45) is 0 Å². The first-order valence-electron chi connectivity index (χ1n) is 7.47. The molecule has 2 aromatic rings. The van der Waals surface area contributed by atoms with Gasteiger partial charge in [-0.15, -0.1) is 0 Å². The van der Waals surface area contributed by atoms with Crippen molar-refractivity contribution in [3.63, 3.8) is 0 Å². The van der Waals surface area contributed by atoms with Crippen LogP contribution in [0.25, 0.3) is 0 Å². The molecule has 1 fully saturated rings. The van der Waals surface area contributed by atoms with Crippen LogP contribution in [0.15, 0.2) is 42.5 Å². The SMILES string of the molecule is COc1c(F)cc(NC(=O)C2(c3ccccc3)CCC2)cc1F. The van der Waals surface area contributed by atoms with Crippen LogP contribution in [-0.2, 0) is 10.2 Å². The van der Waals surface area contributed by atoms with Crippen LogP contribution in [0.4, 0.5) is 14.5 Å². The van der Waals surface area contributed by atoms with Crippen LogP contribution >= 0.6 is 0 Å². The van der Waals surface area contributed by atoms with Gasteiger partial charge in [-0.1, -0.05) is 36.8 Å². The number of carbonyl (C=O) groups is 1. The Balaban J connectivity index is 1.87. The molecule has 1 amide bonds. The second-order valence-corrected chi connectivity index (χ2v) is 5.73. The van der Waals surface area contributed by atoms with Gasteiger partial charge in [0.2, 0.25) is 5.91 Å². The van der Waals surface area contributed by atoms with Crippen molar-refractivity contribution in [3.05, 3.63) is 59.7 Å². The Bertz CT molecular complexity index is 704. The maximum atomic E-state index is 13.8. The lowest BCUT2D eigenvalue weighted by Gasteiger charge is -2.40. The van der Waals surface area contributed by atoms with Crippen LogP contribution in [0.5, 0.6) is 5.75 Å². The number of anilines is 1. The molecule has 3 rings (SSSR count). The van der Waals surface area contributed by atoms with E-state index in [1.165, 1.54) is 7.11 Å². The maximum Gasteiger partial charge on any atom is 0.235 e. The second kappa shape index (κ2) is 5.99. The summed E-state index contributed by atoms with van der Waals surface area (Å²) in [4.78, 5) is 12.7. The van der Waals surface area contributed by atoms with Crippen molar-refractivity contribution in [2.75, 3.05) is 12.4 Å². The lowest BCUT2D eigenvalue weighted by molar-refractivity contribution is -0.124. The minimum Gasteiger partial charge on any atom is -0.491 e. The highest BCUT2D eigenvalue weighted by atomic mass is 19.1. The summed E-state index contributed by atoms with van der Waals surface area (Å²) in [5.41, 5.74) is 0.403. The number of hydrogen-bond donors (Lipinski definition) is 1. The fraction of sp³-hybridized carbons (Fsp3) is 0.278. The van der Waals surface area contributed by atoms with Gasteiger partial charge in [0.05, 0.1) is 12.5 Å². The van der Waals surface area contributed by atoms with Gasteiger partial charge < -0.3 is 10.1 Å². The van der Waals surface area contributed by atoms with Gasteiger partial charge in [-0.25, -0.2) is 8.78 Å². The molecule has 0 aromatic heterocycles. The van der Waals surface area contributed by atoms with E-state index < -0.39 is 22.8 Å². The van der Waals surface area contributed by atoms with E-state index in [-0.39, 0.29) is 11.6 Å². The Morgan fingerprint density at radius 1 is 1.13 bits per heavy atom. The van der Waals surface area contributed by atoms with Crippen LogP contribution in [-0.4, -0.2) is 13.0 Å². The lowest BCUT2D eigenvalue weighted by Crippen LogP contribution is -2.46. The molecule has 0 bridgehead atoms. The van der Waals surface area contributed by atoms with Crippen LogP contribution in [0.2, 0.25) is 0 Å². The van der Waals surface area contributed by atoms with E-state index in [4.69, 9.17) is 0 Å². The van der Waals surface area contributed by atoms with Crippen molar-refractivity contribution in [2.45, 2.75) is 24.7 Å². The molecule has 0 spiro atoms. The smallest absolute Gasteiger partial charge is 0.235 e. The number of hydrogen-bond acceptors (Lipinski definition) is 2. The maximum absolute atomic E-state index is 13.8. The number of rotatable bonds is 4. The van der Waals surface area contributed by atoms with Gasteiger partial charge in [-0.3, -0.25) is 4.79 Å². The lowest BCUT2D eigenvalue weighted by atomic mass is 9.64. The molecule has 0 atom stereocenters.